The highest BCUT2D eigenvalue weighted by molar-refractivity contribution is 5.89. The zero-order valence-electron chi connectivity index (χ0n) is 10.3. The molecule has 0 bridgehead atoms. The summed E-state index contributed by atoms with van der Waals surface area (Å²) in [5.41, 5.74) is 2.45. The Balaban J connectivity index is 2.22. The van der Waals surface area contributed by atoms with Crippen molar-refractivity contribution in [2.45, 2.75) is 6.92 Å². The van der Waals surface area contributed by atoms with Gasteiger partial charge in [0, 0.05) is 24.4 Å². The Bertz CT molecular complexity index is 604. The summed E-state index contributed by atoms with van der Waals surface area (Å²) in [6, 6.07) is 10.4. The number of hydrogen-bond acceptors (Lipinski definition) is 3. The van der Waals surface area contributed by atoms with E-state index in [0.29, 0.717) is 5.69 Å². The third kappa shape index (κ3) is 3.16. The molecule has 96 valence electrons. The van der Waals surface area contributed by atoms with Gasteiger partial charge in [0.15, 0.2) is 0 Å². The fraction of sp³-hybridized carbons (Fsp3) is 0.0714. The highest BCUT2D eigenvalue weighted by Gasteiger charge is 2.05. The van der Waals surface area contributed by atoms with Crippen LogP contribution >= 0.6 is 0 Å². The summed E-state index contributed by atoms with van der Waals surface area (Å²) >= 11 is 0. The second kappa shape index (κ2) is 5.30. The van der Waals surface area contributed by atoms with E-state index in [1.54, 1.807) is 18.2 Å². The van der Waals surface area contributed by atoms with Crippen LogP contribution in [0.25, 0.3) is 11.1 Å². The maximum absolute atomic E-state index is 10.9. The quantitative estimate of drug-likeness (QED) is 0.883. The van der Waals surface area contributed by atoms with Crippen LogP contribution in [0.15, 0.2) is 42.6 Å². The molecule has 0 aliphatic carbocycles. The van der Waals surface area contributed by atoms with Gasteiger partial charge in [0.1, 0.15) is 5.69 Å². The maximum Gasteiger partial charge on any atom is 0.354 e. The van der Waals surface area contributed by atoms with Crippen molar-refractivity contribution >= 4 is 17.6 Å². The molecule has 0 unspecified atom stereocenters. The second-order valence-corrected chi connectivity index (χ2v) is 4.00. The van der Waals surface area contributed by atoms with Gasteiger partial charge in [0.2, 0.25) is 5.91 Å². The molecule has 2 aromatic rings. The van der Waals surface area contributed by atoms with Gasteiger partial charge in [-0.1, -0.05) is 18.2 Å². The number of pyridine rings is 1. The number of carbonyl (C=O) groups excluding carboxylic acids is 1. The van der Waals surface area contributed by atoms with E-state index < -0.39 is 5.97 Å². The maximum atomic E-state index is 10.9. The molecule has 1 heterocycles. The Morgan fingerprint density at radius 1 is 1.05 bits per heavy atom. The smallest absolute Gasteiger partial charge is 0.354 e. The SMILES string of the molecule is CC(=O)Nc1ccc(-c2ccc(C(=O)O)nc2)cc1. The Kier molecular flexibility index (Phi) is 3.56. The van der Waals surface area contributed by atoms with Crippen LogP contribution in [0.4, 0.5) is 5.69 Å². The molecule has 0 atom stereocenters. The Morgan fingerprint density at radius 2 is 1.68 bits per heavy atom. The molecule has 5 heteroatoms. The van der Waals surface area contributed by atoms with Crippen LogP contribution in [0.1, 0.15) is 17.4 Å². The van der Waals surface area contributed by atoms with Crippen molar-refractivity contribution in [1.82, 2.24) is 4.98 Å². The van der Waals surface area contributed by atoms with Crippen molar-refractivity contribution < 1.29 is 14.7 Å². The van der Waals surface area contributed by atoms with Crippen LogP contribution < -0.4 is 5.32 Å². The van der Waals surface area contributed by atoms with Crippen molar-refractivity contribution in [2.24, 2.45) is 0 Å². The molecule has 0 aliphatic rings. The first-order valence-electron chi connectivity index (χ1n) is 5.63. The minimum atomic E-state index is -1.05. The third-order valence-electron chi connectivity index (χ3n) is 2.52. The zero-order chi connectivity index (χ0) is 13.8. The van der Waals surface area contributed by atoms with Crippen LogP contribution in [0.2, 0.25) is 0 Å². The highest BCUT2D eigenvalue weighted by atomic mass is 16.4. The number of carbonyl (C=O) groups is 2. The molecule has 0 aliphatic heterocycles. The lowest BCUT2D eigenvalue weighted by atomic mass is 10.1. The van der Waals surface area contributed by atoms with E-state index in [4.69, 9.17) is 5.11 Å². The average Bonchev–Trinajstić information content (AvgIpc) is 2.39. The van der Waals surface area contributed by atoms with Crippen molar-refractivity contribution in [3.05, 3.63) is 48.3 Å². The van der Waals surface area contributed by atoms with Gasteiger partial charge in [-0.3, -0.25) is 4.79 Å². The third-order valence-corrected chi connectivity index (χ3v) is 2.52. The van der Waals surface area contributed by atoms with Crippen LogP contribution in [0.3, 0.4) is 0 Å². The molecule has 2 N–H and O–H groups in total. The average molecular weight is 256 g/mol. The minimum absolute atomic E-state index is 0.0126. The fourth-order valence-corrected chi connectivity index (χ4v) is 1.64. The number of amides is 1. The van der Waals surface area contributed by atoms with E-state index in [2.05, 4.69) is 10.3 Å². The number of aromatic nitrogens is 1. The van der Waals surface area contributed by atoms with Crippen molar-refractivity contribution in [3.8, 4) is 11.1 Å². The topological polar surface area (TPSA) is 79.3 Å². The van der Waals surface area contributed by atoms with Gasteiger partial charge in [-0.2, -0.15) is 0 Å². The summed E-state index contributed by atoms with van der Waals surface area (Å²) in [5.74, 6) is -1.17. The summed E-state index contributed by atoms with van der Waals surface area (Å²) in [6.07, 6.45) is 1.51. The molecule has 0 saturated carbocycles. The lowest BCUT2D eigenvalue weighted by Crippen LogP contribution is -2.05. The van der Waals surface area contributed by atoms with Gasteiger partial charge in [0.25, 0.3) is 0 Å². The number of benzene rings is 1. The number of nitrogens with zero attached hydrogens (tertiary/aromatic N) is 1. The number of nitrogens with one attached hydrogen (secondary N) is 1. The van der Waals surface area contributed by atoms with Gasteiger partial charge in [0.05, 0.1) is 0 Å². The number of hydrogen-bond donors (Lipinski definition) is 2. The second-order valence-electron chi connectivity index (χ2n) is 4.00. The van der Waals surface area contributed by atoms with Gasteiger partial charge >= 0.3 is 5.97 Å². The Labute approximate surface area is 109 Å². The normalized spacial score (nSPS) is 9.95. The van der Waals surface area contributed by atoms with Crippen molar-refractivity contribution in [1.29, 1.82) is 0 Å². The van der Waals surface area contributed by atoms with Crippen LogP contribution in [-0.2, 0) is 4.79 Å². The molecule has 1 aromatic carbocycles. The molecule has 1 amide bonds. The summed E-state index contributed by atoms with van der Waals surface area (Å²) in [7, 11) is 0. The molecule has 0 spiro atoms. The first-order chi connectivity index (χ1) is 9.06. The molecule has 5 nitrogen and oxygen atoms in total. The van der Waals surface area contributed by atoms with E-state index in [1.807, 2.05) is 12.1 Å². The van der Waals surface area contributed by atoms with Crippen LogP contribution in [-0.4, -0.2) is 22.0 Å². The van der Waals surface area contributed by atoms with Crippen LogP contribution in [0, 0.1) is 0 Å². The summed E-state index contributed by atoms with van der Waals surface area (Å²) in [5, 5.41) is 11.4. The standard InChI is InChI=1S/C14H12N2O3/c1-9(17)16-12-5-2-10(3-6-12)11-4-7-13(14(18)19)15-8-11/h2-8H,1H3,(H,16,17)(H,18,19). The molecule has 0 fully saturated rings. The fourth-order valence-electron chi connectivity index (χ4n) is 1.64. The summed E-state index contributed by atoms with van der Waals surface area (Å²) < 4.78 is 0. The van der Waals surface area contributed by atoms with Crippen molar-refractivity contribution in [2.75, 3.05) is 5.32 Å². The van der Waals surface area contributed by atoms with E-state index in [0.717, 1.165) is 11.1 Å². The molecular formula is C14H12N2O3. The Morgan fingerprint density at radius 3 is 2.16 bits per heavy atom. The highest BCUT2D eigenvalue weighted by Crippen LogP contribution is 2.20. The number of anilines is 1. The number of carboxylic acids is 1. The van der Waals surface area contributed by atoms with Crippen molar-refractivity contribution in [3.63, 3.8) is 0 Å². The number of carboxylic acid groups (broad SMARTS) is 1. The monoisotopic (exact) mass is 256 g/mol. The lowest BCUT2D eigenvalue weighted by Gasteiger charge is -2.05. The summed E-state index contributed by atoms with van der Waals surface area (Å²) in [6.45, 7) is 1.45. The number of rotatable bonds is 3. The van der Waals surface area contributed by atoms with E-state index in [1.165, 1.54) is 19.2 Å². The first-order valence-corrected chi connectivity index (χ1v) is 5.63. The molecule has 2 rings (SSSR count). The molecule has 0 saturated heterocycles. The lowest BCUT2D eigenvalue weighted by molar-refractivity contribution is -0.114. The zero-order valence-corrected chi connectivity index (χ0v) is 10.3. The van der Waals surface area contributed by atoms with Gasteiger partial charge in [-0.05, 0) is 23.8 Å². The van der Waals surface area contributed by atoms with E-state index in [9.17, 15) is 9.59 Å². The molecule has 0 radical (unpaired) electrons. The predicted molar refractivity (Wildman–Crippen MR) is 70.9 cm³/mol. The van der Waals surface area contributed by atoms with Crippen LogP contribution in [0.5, 0.6) is 0 Å². The minimum Gasteiger partial charge on any atom is -0.477 e. The number of aromatic carboxylic acids is 1. The van der Waals surface area contributed by atoms with Gasteiger partial charge in [-0.25, -0.2) is 9.78 Å². The predicted octanol–water partition coefficient (Wildman–Crippen LogP) is 2.41. The van der Waals surface area contributed by atoms with E-state index >= 15 is 0 Å². The van der Waals surface area contributed by atoms with Gasteiger partial charge in [-0.15, -0.1) is 0 Å². The molecular weight excluding hydrogens is 244 g/mol. The first kappa shape index (κ1) is 12.8. The summed E-state index contributed by atoms with van der Waals surface area (Å²) in [4.78, 5) is 25.4. The Hall–Kier alpha value is -2.69. The molecule has 19 heavy (non-hydrogen) atoms. The molecule has 1 aromatic heterocycles. The van der Waals surface area contributed by atoms with Gasteiger partial charge < -0.3 is 10.4 Å². The largest absolute Gasteiger partial charge is 0.477 e. The van der Waals surface area contributed by atoms with E-state index in [-0.39, 0.29) is 11.6 Å².